The summed E-state index contributed by atoms with van der Waals surface area (Å²) in [4.78, 5) is 0. The predicted octanol–water partition coefficient (Wildman–Crippen LogP) is 28.5. The van der Waals surface area contributed by atoms with Gasteiger partial charge < -0.3 is 0 Å². The molecule has 2 aromatic carbocycles. The lowest BCUT2D eigenvalue weighted by molar-refractivity contribution is 0.259. The first-order valence-corrected chi connectivity index (χ1v) is 37.2. The molecule has 0 heterocycles. The third kappa shape index (κ3) is 36.8. The maximum absolute atomic E-state index is 2.46. The molecule has 0 radical (unpaired) electrons. The summed E-state index contributed by atoms with van der Waals surface area (Å²) in [5.74, 6) is 15.6. The lowest BCUT2D eigenvalue weighted by Gasteiger charge is -2.23. The molecule has 10 unspecified atom stereocenters. The summed E-state index contributed by atoms with van der Waals surface area (Å²) >= 11 is 0. The topological polar surface area (TPSA) is 0 Å². The molecule has 0 spiro atoms. The number of unbranched alkanes of at least 4 members (excludes halogenated alkanes) is 4. The van der Waals surface area contributed by atoms with E-state index in [1.165, 1.54) is 192 Å². The Bertz CT molecular complexity index is 1480. The quantitative estimate of drug-likeness (QED) is 0.131. The van der Waals surface area contributed by atoms with Crippen LogP contribution >= 0.6 is 0 Å². The van der Waals surface area contributed by atoms with Gasteiger partial charge in [-0.1, -0.05) is 320 Å². The Balaban J connectivity index is -0.000000911. The number of fused-ring (bicyclic) bond motifs is 10. The smallest absolute Gasteiger partial charge is 0.0276 e. The second kappa shape index (κ2) is 56.7. The van der Waals surface area contributed by atoms with Crippen LogP contribution in [0.3, 0.4) is 0 Å². The van der Waals surface area contributed by atoms with Crippen LogP contribution in [-0.4, -0.2) is 0 Å². The monoisotopic (exact) mass is 1140 g/mol. The van der Waals surface area contributed by atoms with Gasteiger partial charge in [0.15, 0.2) is 0 Å². The number of allylic oxidation sites excluding steroid dienone is 4. The van der Waals surface area contributed by atoms with Gasteiger partial charge in [0.2, 0.25) is 0 Å². The van der Waals surface area contributed by atoms with Gasteiger partial charge in [0, 0.05) is 0 Å². The number of aryl methyl sites for hydroxylation is 2. The molecule has 0 N–H and O–H groups in total. The van der Waals surface area contributed by atoms with E-state index in [1.807, 2.05) is 111 Å². The van der Waals surface area contributed by atoms with E-state index in [9.17, 15) is 0 Å². The number of rotatable bonds is 18. The van der Waals surface area contributed by atoms with Crippen LogP contribution < -0.4 is 0 Å². The molecule has 0 aliphatic heterocycles. The SMILES string of the molecule is C.CC.CC.CC.CC.CC.CC.CC.CC.CC(CCCCCC1CC1)CCc1ccccc1.CC(CCCCCC1CC1)CCc1ccccc1.CC1=CC=CCC1.CC1CC2C3CCC(C3)C2C1.CC1CC2C3CCC(C3)C2C1. The predicted molar refractivity (Wildman–Crippen MR) is 382 cm³/mol. The van der Waals surface area contributed by atoms with Crippen LogP contribution in [0.5, 0.6) is 0 Å². The summed E-state index contributed by atoms with van der Waals surface area (Å²) in [7, 11) is 0. The van der Waals surface area contributed by atoms with Crippen LogP contribution in [0, 0.1) is 82.9 Å². The maximum atomic E-state index is 2.46. The van der Waals surface area contributed by atoms with Crippen molar-refractivity contribution in [2.24, 2.45) is 82.9 Å². The van der Waals surface area contributed by atoms with Gasteiger partial charge in [0.05, 0.1) is 0 Å². The lowest BCUT2D eigenvalue weighted by atomic mass is 9.82. The van der Waals surface area contributed by atoms with Crippen molar-refractivity contribution in [3.63, 3.8) is 0 Å². The van der Waals surface area contributed by atoms with Crippen molar-refractivity contribution in [3.8, 4) is 0 Å². The molecule has 482 valence electrons. The lowest BCUT2D eigenvalue weighted by Crippen LogP contribution is -2.15. The molecular formula is C82H154. The van der Waals surface area contributed by atoms with Crippen molar-refractivity contribution in [1.82, 2.24) is 0 Å². The molecule has 0 saturated heterocycles. The highest BCUT2D eigenvalue weighted by Crippen LogP contribution is 2.61. The minimum Gasteiger partial charge on any atom is -0.0842 e. The first-order chi connectivity index (χ1) is 39.8. The van der Waals surface area contributed by atoms with Crippen molar-refractivity contribution in [1.29, 1.82) is 0 Å². The standard InChI is InChI=1S/2C18H28.2C11H18.C7H10.8C2H6.CH4/c2*1-16(8-4-2-5-11-18-14-15-18)12-13-17-9-6-3-7-10-17;2*1-7-4-10-8-2-3-9(6-8)11(10)5-7;1-7-5-3-2-4-6-7;8*1-2;/h2*3,6-7,9-10,16,18H,2,4-5,8,11-15H2,1H3;2*7-11H,2-6H2,1H3;2-3,5H,4,6H2,1H3;8*1-2H3;1H4. The number of benzene rings is 2. The third-order valence-electron chi connectivity index (χ3n) is 19.0. The zero-order chi connectivity index (χ0) is 61.2. The Hall–Kier alpha value is -2.08. The van der Waals surface area contributed by atoms with Gasteiger partial charge in [-0.25, -0.2) is 0 Å². The van der Waals surface area contributed by atoms with Crippen LogP contribution in [0.1, 0.15) is 344 Å². The van der Waals surface area contributed by atoms with Crippen LogP contribution in [0.2, 0.25) is 0 Å². The van der Waals surface area contributed by atoms with Gasteiger partial charge in [0.1, 0.15) is 0 Å². The van der Waals surface area contributed by atoms with Gasteiger partial charge in [-0.2, -0.15) is 0 Å². The molecule has 2 aromatic rings. The highest BCUT2D eigenvalue weighted by Gasteiger charge is 2.51. The molecule has 11 rings (SSSR count). The van der Waals surface area contributed by atoms with Crippen LogP contribution in [0.15, 0.2) is 84.5 Å². The Morgan fingerprint density at radius 2 is 0.707 bits per heavy atom. The third-order valence-corrected chi connectivity index (χ3v) is 19.0. The minimum atomic E-state index is 0. The molecule has 0 nitrogen and oxygen atoms in total. The van der Waals surface area contributed by atoms with Crippen molar-refractivity contribution >= 4 is 0 Å². The molecule has 0 amide bonds. The van der Waals surface area contributed by atoms with E-state index in [4.69, 9.17) is 0 Å². The van der Waals surface area contributed by atoms with Crippen molar-refractivity contribution in [2.75, 3.05) is 0 Å². The zero-order valence-electron chi connectivity index (χ0n) is 59.3. The average Bonchev–Trinajstić information content (AvgIpc) is 4.28. The van der Waals surface area contributed by atoms with E-state index in [0.29, 0.717) is 0 Å². The number of hydrogen-bond donors (Lipinski definition) is 0. The first kappa shape index (κ1) is 84.1. The summed E-state index contributed by atoms with van der Waals surface area (Å²) in [6.07, 6.45) is 50.8. The fourth-order valence-corrected chi connectivity index (χ4v) is 14.7. The first-order valence-electron chi connectivity index (χ1n) is 37.2. The van der Waals surface area contributed by atoms with E-state index >= 15 is 0 Å². The molecule has 0 heteroatoms. The average molecular weight is 1140 g/mol. The van der Waals surface area contributed by atoms with Gasteiger partial charge in [0.25, 0.3) is 0 Å². The molecule has 0 aromatic heterocycles. The molecule has 8 fully saturated rings. The second-order valence-electron chi connectivity index (χ2n) is 24.9. The normalized spacial score (nSPS) is 25.7. The van der Waals surface area contributed by atoms with E-state index < -0.39 is 0 Å². The Morgan fingerprint density at radius 3 is 0.963 bits per heavy atom. The second-order valence-corrected chi connectivity index (χ2v) is 24.9. The van der Waals surface area contributed by atoms with Crippen molar-refractivity contribution < 1.29 is 0 Å². The Morgan fingerprint density at radius 1 is 0.390 bits per heavy atom. The van der Waals surface area contributed by atoms with Crippen LogP contribution in [-0.2, 0) is 12.8 Å². The van der Waals surface area contributed by atoms with Gasteiger partial charge in [-0.3, -0.25) is 0 Å². The molecule has 4 bridgehead atoms. The maximum Gasteiger partial charge on any atom is -0.0276 e. The fourth-order valence-electron chi connectivity index (χ4n) is 14.7. The summed E-state index contributed by atoms with van der Waals surface area (Å²) in [6.45, 7) is 43.9. The van der Waals surface area contributed by atoms with Gasteiger partial charge >= 0.3 is 0 Å². The fraction of sp³-hybridized carbons (Fsp3) is 0.805. The molecule has 82 heavy (non-hydrogen) atoms. The van der Waals surface area contributed by atoms with Crippen molar-refractivity contribution in [2.45, 2.75) is 345 Å². The largest absolute Gasteiger partial charge is 0.0842 e. The Labute approximate surface area is 521 Å². The zero-order valence-corrected chi connectivity index (χ0v) is 59.3. The van der Waals surface area contributed by atoms with E-state index in [-0.39, 0.29) is 7.43 Å². The summed E-state index contributed by atoms with van der Waals surface area (Å²) < 4.78 is 0. The van der Waals surface area contributed by atoms with Gasteiger partial charge in [-0.15, -0.1) is 0 Å². The Kier molecular flexibility index (Phi) is 58.2. The van der Waals surface area contributed by atoms with Crippen LogP contribution in [0.25, 0.3) is 0 Å². The van der Waals surface area contributed by atoms with Crippen LogP contribution in [0.4, 0.5) is 0 Å². The molecule has 9 aliphatic carbocycles. The summed E-state index contributed by atoms with van der Waals surface area (Å²) in [5.41, 5.74) is 4.50. The molecular weight excluding hydrogens is 985 g/mol. The minimum absolute atomic E-state index is 0. The molecule has 10 atom stereocenters. The molecule has 8 saturated carbocycles. The highest BCUT2D eigenvalue weighted by molar-refractivity contribution is 5.16. The highest BCUT2D eigenvalue weighted by atomic mass is 14.6. The van der Waals surface area contributed by atoms with E-state index in [2.05, 4.69) is 114 Å². The summed E-state index contributed by atoms with van der Waals surface area (Å²) in [6, 6.07) is 21.8. The molecule has 9 aliphatic rings. The van der Waals surface area contributed by atoms with E-state index in [1.54, 1.807) is 64.2 Å². The van der Waals surface area contributed by atoms with E-state index in [0.717, 1.165) is 35.5 Å². The van der Waals surface area contributed by atoms with Gasteiger partial charge in [-0.05, 0) is 204 Å². The van der Waals surface area contributed by atoms with Crippen molar-refractivity contribution in [3.05, 3.63) is 95.6 Å². The summed E-state index contributed by atoms with van der Waals surface area (Å²) in [5, 5.41) is 0. The number of hydrogen-bond acceptors (Lipinski definition) is 0.